The monoisotopic (exact) mass is 180 g/mol. The Morgan fingerprint density at radius 2 is 2.40 bits per heavy atom. The molecule has 1 heterocycles. The van der Waals surface area contributed by atoms with E-state index in [9.17, 15) is 8.60 Å². The standard InChI is InChI=1S/C4H5FN2OS2/c1-3-6-7-4(2-5)10(3)9-8/h2H2,1H3. The number of rotatable bonds is 1. The van der Waals surface area contributed by atoms with Crippen molar-refractivity contribution in [3.8, 4) is 0 Å². The van der Waals surface area contributed by atoms with Crippen LogP contribution in [-0.2, 0) is 19.7 Å². The molecule has 1 atom stereocenters. The van der Waals surface area contributed by atoms with Crippen molar-refractivity contribution < 1.29 is 8.60 Å². The van der Waals surface area contributed by atoms with Crippen molar-refractivity contribution in [2.45, 2.75) is 6.92 Å². The van der Waals surface area contributed by atoms with E-state index in [0.717, 1.165) is 0 Å². The molecule has 1 aliphatic heterocycles. The van der Waals surface area contributed by atoms with Gasteiger partial charge in [-0.25, -0.2) is 8.60 Å². The fourth-order valence-corrected chi connectivity index (χ4v) is 2.25. The van der Waals surface area contributed by atoms with Gasteiger partial charge in [0.15, 0.2) is 0 Å². The lowest BCUT2D eigenvalue weighted by Crippen LogP contribution is -2.10. The maximum atomic E-state index is 12.0. The molecule has 0 saturated carbocycles. The van der Waals surface area contributed by atoms with Crippen LogP contribution in [0.3, 0.4) is 0 Å². The minimum atomic E-state index is -0.731. The SMILES string of the molecule is CC1=NN=C(CF)S1=S=O. The zero-order valence-electron chi connectivity index (χ0n) is 5.20. The van der Waals surface area contributed by atoms with Gasteiger partial charge in [0.25, 0.3) is 0 Å². The minimum Gasteiger partial charge on any atom is -0.244 e. The Hall–Kier alpha value is -0.360. The summed E-state index contributed by atoms with van der Waals surface area (Å²) in [6.45, 7) is 1.01. The van der Waals surface area contributed by atoms with Crippen molar-refractivity contribution in [3.63, 3.8) is 0 Å². The molecule has 1 rings (SSSR count). The molecule has 0 spiro atoms. The zero-order chi connectivity index (χ0) is 7.56. The number of hydrogen-bond acceptors (Lipinski definition) is 3. The van der Waals surface area contributed by atoms with Crippen LogP contribution in [0.2, 0.25) is 0 Å². The Labute approximate surface area is 62.7 Å². The van der Waals surface area contributed by atoms with E-state index in [0.29, 0.717) is 15.3 Å². The molecule has 0 amide bonds. The highest BCUT2D eigenvalue weighted by atomic mass is 32.8. The second-order valence-electron chi connectivity index (χ2n) is 1.58. The topological polar surface area (TPSA) is 41.8 Å². The molecule has 0 aliphatic carbocycles. The Morgan fingerprint density at radius 3 is 2.80 bits per heavy atom. The van der Waals surface area contributed by atoms with Gasteiger partial charge in [-0.15, -0.1) is 10.2 Å². The molecular weight excluding hydrogens is 175 g/mol. The summed E-state index contributed by atoms with van der Waals surface area (Å²) in [6, 6.07) is 0. The molecule has 6 heteroatoms. The van der Waals surface area contributed by atoms with Crippen molar-refractivity contribution in [2.75, 3.05) is 6.67 Å². The molecule has 0 aromatic heterocycles. The van der Waals surface area contributed by atoms with Crippen LogP contribution in [0, 0.1) is 0 Å². The molecule has 10 heavy (non-hydrogen) atoms. The Kier molecular flexibility index (Phi) is 2.44. The molecule has 0 bridgehead atoms. The van der Waals surface area contributed by atoms with Crippen molar-refractivity contribution in [1.82, 2.24) is 0 Å². The summed E-state index contributed by atoms with van der Waals surface area (Å²) < 4.78 is 22.3. The molecule has 0 radical (unpaired) electrons. The third kappa shape index (κ3) is 1.22. The van der Waals surface area contributed by atoms with Crippen LogP contribution in [-0.4, -0.2) is 21.0 Å². The van der Waals surface area contributed by atoms with Crippen LogP contribution in [0.25, 0.3) is 0 Å². The van der Waals surface area contributed by atoms with E-state index in [1.807, 2.05) is 0 Å². The molecule has 1 aliphatic rings. The van der Waals surface area contributed by atoms with Gasteiger partial charge in [0.1, 0.15) is 27.0 Å². The van der Waals surface area contributed by atoms with Gasteiger partial charge in [-0.2, -0.15) is 0 Å². The van der Waals surface area contributed by atoms with Gasteiger partial charge in [0.05, 0.1) is 0 Å². The van der Waals surface area contributed by atoms with Gasteiger partial charge < -0.3 is 0 Å². The quantitative estimate of drug-likeness (QED) is 0.577. The van der Waals surface area contributed by atoms with E-state index in [4.69, 9.17) is 0 Å². The van der Waals surface area contributed by atoms with Crippen LogP contribution >= 0.6 is 0 Å². The molecule has 1 unspecified atom stereocenters. The van der Waals surface area contributed by atoms with E-state index in [-0.39, 0.29) is 5.04 Å². The Balaban J connectivity index is 2.99. The highest BCUT2D eigenvalue weighted by Crippen LogP contribution is 2.03. The molecule has 56 valence electrons. The summed E-state index contributed by atoms with van der Waals surface area (Å²) in [4.78, 5) is 0. The highest BCUT2D eigenvalue weighted by molar-refractivity contribution is 8.47. The minimum absolute atomic E-state index is 0.262. The predicted octanol–water partition coefficient (Wildman–Crippen LogP) is 0.448. The lowest BCUT2D eigenvalue weighted by Gasteiger charge is -1.90. The van der Waals surface area contributed by atoms with Gasteiger partial charge in [-0.1, -0.05) is 0 Å². The van der Waals surface area contributed by atoms with Crippen molar-refractivity contribution >= 4 is 29.8 Å². The molecule has 3 nitrogen and oxygen atoms in total. The zero-order valence-corrected chi connectivity index (χ0v) is 6.84. The van der Waals surface area contributed by atoms with Gasteiger partial charge in [0.2, 0.25) is 0 Å². The number of nitrogens with zero attached hydrogens (tertiary/aromatic N) is 2. The number of alkyl halides is 1. The third-order valence-electron chi connectivity index (χ3n) is 0.967. The first-order chi connectivity index (χ1) is 4.79. The molecule has 0 N–H and O–H groups in total. The molecule has 0 fully saturated rings. The van der Waals surface area contributed by atoms with Crippen LogP contribution in [0.5, 0.6) is 0 Å². The van der Waals surface area contributed by atoms with E-state index < -0.39 is 16.1 Å². The fourth-order valence-electron chi connectivity index (χ4n) is 0.536. The molecule has 0 aromatic carbocycles. The first-order valence-electron chi connectivity index (χ1n) is 2.51. The second-order valence-corrected chi connectivity index (χ2v) is 4.73. The smallest absolute Gasteiger partial charge is 0.140 e. The van der Waals surface area contributed by atoms with Crippen LogP contribution in [0.1, 0.15) is 6.92 Å². The predicted molar refractivity (Wildman–Crippen MR) is 42.0 cm³/mol. The largest absolute Gasteiger partial charge is 0.244 e. The van der Waals surface area contributed by atoms with Crippen LogP contribution in [0.15, 0.2) is 10.2 Å². The summed E-state index contributed by atoms with van der Waals surface area (Å²) in [5, 5.41) is 7.99. The highest BCUT2D eigenvalue weighted by Gasteiger charge is 2.15. The maximum Gasteiger partial charge on any atom is 0.140 e. The average molecular weight is 180 g/mol. The Bertz CT molecular complexity index is 266. The van der Waals surface area contributed by atoms with Crippen LogP contribution in [0.4, 0.5) is 4.39 Å². The van der Waals surface area contributed by atoms with Gasteiger partial charge in [0, 0.05) is 9.45 Å². The van der Waals surface area contributed by atoms with Crippen molar-refractivity contribution in [1.29, 1.82) is 0 Å². The third-order valence-corrected chi connectivity index (χ3v) is 4.05. The first kappa shape index (κ1) is 7.74. The van der Waals surface area contributed by atoms with E-state index in [1.165, 1.54) is 0 Å². The maximum absolute atomic E-state index is 12.0. The Morgan fingerprint density at radius 1 is 1.70 bits per heavy atom. The molecule has 0 aromatic rings. The van der Waals surface area contributed by atoms with E-state index in [2.05, 4.69) is 10.2 Å². The molecular formula is C4H5FN2OS2. The summed E-state index contributed by atoms with van der Waals surface area (Å²) in [7, 11) is -0.381. The lowest BCUT2D eigenvalue weighted by atomic mass is 10.8. The molecule has 0 saturated heterocycles. The average Bonchev–Trinajstić information content (AvgIpc) is 2.30. The van der Waals surface area contributed by atoms with Gasteiger partial charge in [-0.05, 0) is 6.92 Å². The first-order valence-corrected chi connectivity index (χ1v) is 4.99. The summed E-state index contributed by atoms with van der Waals surface area (Å²) in [5.41, 5.74) is 0. The van der Waals surface area contributed by atoms with Crippen molar-refractivity contribution in [3.05, 3.63) is 0 Å². The normalized spacial score (nSPS) is 24.0. The van der Waals surface area contributed by atoms with Crippen LogP contribution < -0.4 is 0 Å². The van der Waals surface area contributed by atoms with E-state index in [1.54, 1.807) is 6.92 Å². The van der Waals surface area contributed by atoms with Gasteiger partial charge >= 0.3 is 0 Å². The van der Waals surface area contributed by atoms with Gasteiger partial charge in [-0.3, -0.25) is 0 Å². The summed E-state index contributed by atoms with van der Waals surface area (Å²) in [5.74, 6) is 0. The second kappa shape index (κ2) is 3.16. The fraction of sp³-hybridized carbons (Fsp3) is 0.500. The lowest BCUT2D eigenvalue weighted by molar-refractivity contribution is 0.585. The number of hydrogen-bond donors (Lipinski definition) is 0. The summed E-state index contributed by atoms with van der Waals surface area (Å²) in [6.07, 6.45) is 0. The van der Waals surface area contributed by atoms with E-state index >= 15 is 0 Å². The summed E-state index contributed by atoms with van der Waals surface area (Å²) >= 11 is 0. The van der Waals surface area contributed by atoms with Crippen molar-refractivity contribution in [2.24, 2.45) is 10.2 Å². The number of halogens is 1.